The van der Waals surface area contributed by atoms with Crippen LogP contribution in [0.2, 0.25) is 5.02 Å². The number of ether oxygens (including phenoxy) is 1. The van der Waals surface area contributed by atoms with Crippen molar-refractivity contribution in [2.45, 2.75) is 26.7 Å². The predicted octanol–water partition coefficient (Wildman–Crippen LogP) is 4.46. The van der Waals surface area contributed by atoms with Crippen LogP contribution >= 0.6 is 27.5 Å². The molecule has 0 fully saturated rings. The topological polar surface area (TPSA) is 75.7 Å². The van der Waals surface area contributed by atoms with Gasteiger partial charge in [0.1, 0.15) is 12.4 Å². The third kappa shape index (κ3) is 7.49. The zero-order valence-corrected chi connectivity index (χ0v) is 20.4. The van der Waals surface area contributed by atoms with Gasteiger partial charge in [-0.1, -0.05) is 29.3 Å². The van der Waals surface area contributed by atoms with E-state index in [-0.39, 0.29) is 18.9 Å². The van der Waals surface area contributed by atoms with Crippen molar-refractivity contribution >= 4 is 49.1 Å². The molecule has 2 rings (SSSR count). The van der Waals surface area contributed by atoms with E-state index in [4.69, 9.17) is 16.3 Å². The number of sulfonamides is 1. The molecular weight excluding hydrogens is 492 g/mol. The zero-order chi connectivity index (χ0) is 22.3. The van der Waals surface area contributed by atoms with Crippen LogP contribution in [-0.4, -0.2) is 40.3 Å². The maximum atomic E-state index is 12.2. The Morgan fingerprint density at radius 1 is 1.20 bits per heavy atom. The molecule has 0 aliphatic heterocycles. The summed E-state index contributed by atoms with van der Waals surface area (Å²) in [5.74, 6) is 0.647. The van der Waals surface area contributed by atoms with Crippen LogP contribution in [0, 0.1) is 13.8 Å². The van der Waals surface area contributed by atoms with Crippen molar-refractivity contribution in [1.29, 1.82) is 0 Å². The molecule has 1 N–H and O–H groups in total. The molecule has 0 bridgehead atoms. The fourth-order valence-corrected chi connectivity index (χ4v) is 4.29. The molecule has 0 saturated heterocycles. The molecule has 30 heavy (non-hydrogen) atoms. The normalized spacial score (nSPS) is 11.2. The first-order chi connectivity index (χ1) is 14.1. The van der Waals surface area contributed by atoms with E-state index in [1.165, 1.54) is 9.87 Å². The zero-order valence-electron chi connectivity index (χ0n) is 17.2. The highest BCUT2D eigenvalue weighted by Crippen LogP contribution is 2.29. The third-order valence-corrected chi connectivity index (χ3v) is 6.80. The summed E-state index contributed by atoms with van der Waals surface area (Å²) in [4.78, 5) is 12.1. The van der Waals surface area contributed by atoms with Gasteiger partial charge in [-0.25, -0.2) is 8.42 Å². The summed E-state index contributed by atoms with van der Waals surface area (Å²) >= 11 is 9.37. The van der Waals surface area contributed by atoms with Gasteiger partial charge in [0.15, 0.2) is 0 Å². The van der Waals surface area contributed by atoms with E-state index in [0.29, 0.717) is 34.8 Å². The van der Waals surface area contributed by atoms with Crippen molar-refractivity contribution in [3.05, 3.63) is 57.0 Å². The SMILES string of the molecule is Cc1ccc(OCCNC(=O)CCCN(c2ccc(Br)c(Cl)c2)S(C)(=O)=O)c(C)c1. The van der Waals surface area contributed by atoms with Crippen molar-refractivity contribution in [1.82, 2.24) is 5.32 Å². The van der Waals surface area contributed by atoms with E-state index in [0.717, 1.165) is 17.6 Å². The van der Waals surface area contributed by atoms with Crippen LogP contribution < -0.4 is 14.4 Å². The Morgan fingerprint density at radius 2 is 1.93 bits per heavy atom. The monoisotopic (exact) mass is 516 g/mol. The molecule has 0 atom stereocenters. The van der Waals surface area contributed by atoms with Crippen LogP contribution in [-0.2, 0) is 14.8 Å². The van der Waals surface area contributed by atoms with E-state index in [1.807, 2.05) is 32.0 Å². The summed E-state index contributed by atoms with van der Waals surface area (Å²) in [6.45, 7) is 4.93. The highest BCUT2D eigenvalue weighted by molar-refractivity contribution is 9.10. The highest BCUT2D eigenvalue weighted by atomic mass is 79.9. The van der Waals surface area contributed by atoms with Gasteiger partial charge >= 0.3 is 0 Å². The average molecular weight is 518 g/mol. The van der Waals surface area contributed by atoms with Crippen LogP contribution in [0.3, 0.4) is 0 Å². The Bertz CT molecular complexity index is 998. The summed E-state index contributed by atoms with van der Waals surface area (Å²) < 4.78 is 31.9. The first-order valence-electron chi connectivity index (χ1n) is 9.47. The fourth-order valence-electron chi connectivity index (χ4n) is 2.91. The molecule has 0 aliphatic carbocycles. The molecule has 0 spiro atoms. The number of amides is 1. The molecule has 0 aromatic heterocycles. The Hall–Kier alpha value is -1.77. The van der Waals surface area contributed by atoms with E-state index >= 15 is 0 Å². The second kappa shape index (κ2) is 11.0. The third-order valence-electron chi connectivity index (χ3n) is 4.37. The molecule has 0 unspecified atom stereocenters. The van der Waals surface area contributed by atoms with Crippen molar-refractivity contribution in [3.63, 3.8) is 0 Å². The molecule has 6 nitrogen and oxygen atoms in total. The smallest absolute Gasteiger partial charge is 0.232 e. The molecular formula is C21H26BrClN2O4S. The summed E-state index contributed by atoms with van der Waals surface area (Å²) in [6.07, 6.45) is 1.72. The fraction of sp³-hybridized carbons (Fsp3) is 0.381. The Balaban J connectivity index is 1.79. The number of nitrogens with one attached hydrogen (secondary N) is 1. The summed E-state index contributed by atoms with van der Waals surface area (Å²) in [6, 6.07) is 10.9. The molecule has 0 saturated carbocycles. The Kier molecular flexibility index (Phi) is 9.00. The van der Waals surface area contributed by atoms with Crippen molar-refractivity contribution in [2.24, 2.45) is 0 Å². The lowest BCUT2D eigenvalue weighted by atomic mass is 10.1. The number of nitrogens with zero attached hydrogens (tertiary/aromatic N) is 1. The maximum Gasteiger partial charge on any atom is 0.232 e. The van der Waals surface area contributed by atoms with Crippen LogP contribution in [0.5, 0.6) is 5.75 Å². The summed E-state index contributed by atoms with van der Waals surface area (Å²) in [5, 5.41) is 3.21. The van der Waals surface area contributed by atoms with Crippen LogP contribution in [0.4, 0.5) is 5.69 Å². The average Bonchev–Trinajstić information content (AvgIpc) is 2.65. The lowest BCUT2D eigenvalue weighted by molar-refractivity contribution is -0.121. The molecule has 0 aliphatic rings. The summed E-state index contributed by atoms with van der Waals surface area (Å²) in [7, 11) is -3.50. The molecule has 0 heterocycles. The predicted molar refractivity (Wildman–Crippen MR) is 125 cm³/mol. The second-order valence-electron chi connectivity index (χ2n) is 7.00. The van der Waals surface area contributed by atoms with E-state index in [2.05, 4.69) is 21.2 Å². The van der Waals surface area contributed by atoms with Gasteiger partial charge in [0.25, 0.3) is 0 Å². The quantitative estimate of drug-likeness (QED) is 0.472. The van der Waals surface area contributed by atoms with Gasteiger partial charge in [-0.15, -0.1) is 0 Å². The van der Waals surface area contributed by atoms with E-state index in [9.17, 15) is 13.2 Å². The lowest BCUT2D eigenvalue weighted by Gasteiger charge is -2.22. The number of benzene rings is 2. The van der Waals surface area contributed by atoms with Gasteiger partial charge in [0.05, 0.1) is 23.5 Å². The highest BCUT2D eigenvalue weighted by Gasteiger charge is 2.18. The van der Waals surface area contributed by atoms with Crippen molar-refractivity contribution < 1.29 is 17.9 Å². The Labute approximate surface area is 191 Å². The number of hydrogen-bond acceptors (Lipinski definition) is 4. The second-order valence-corrected chi connectivity index (χ2v) is 10.2. The number of carbonyl (C=O) groups excluding carboxylic acids is 1. The number of halogens is 2. The lowest BCUT2D eigenvalue weighted by Crippen LogP contribution is -2.33. The molecule has 1 amide bonds. The number of aryl methyl sites for hydroxylation is 2. The number of hydrogen-bond donors (Lipinski definition) is 1. The van der Waals surface area contributed by atoms with Gasteiger partial charge in [-0.3, -0.25) is 9.10 Å². The largest absolute Gasteiger partial charge is 0.491 e. The first-order valence-corrected chi connectivity index (χ1v) is 12.5. The molecule has 0 radical (unpaired) electrons. The minimum Gasteiger partial charge on any atom is -0.491 e. The number of rotatable bonds is 10. The van der Waals surface area contributed by atoms with Crippen molar-refractivity contribution in [2.75, 3.05) is 30.3 Å². The van der Waals surface area contributed by atoms with Gasteiger partial charge in [0.2, 0.25) is 15.9 Å². The Morgan fingerprint density at radius 3 is 2.57 bits per heavy atom. The van der Waals surface area contributed by atoms with E-state index in [1.54, 1.807) is 18.2 Å². The van der Waals surface area contributed by atoms with Gasteiger partial charge in [-0.05, 0) is 66.0 Å². The minimum atomic E-state index is -3.50. The molecule has 164 valence electrons. The first kappa shape index (κ1) is 24.5. The minimum absolute atomic E-state index is 0.151. The molecule has 9 heteroatoms. The van der Waals surface area contributed by atoms with E-state index < -0.39 is 10.0 Å². The van der Waals surface area contributed by atoms with Gasteiger partial charge < -0.3 is 10.1 Å². The van der Waals surface area contributed by atoms with Gasteiger partial charge in [0, 0.05) is 17.4 Å². The maximum absolute atomic E-state index is 12.2. The number of carbonyl (C=O) groups is 1. The molecule has 2 aromatic rings. The molecule has 2 aromatic carbocycles. The standard InChI is InChI=1S/C21H26BrClN2O4S/c1-15-6-9-20(16(2)13-15)29-12-10-24-21(26)5-4-11-25(30(3,27)28)17-7-8-18(22)19(23)14-17/h6-9,13-14H,4-5,10-12H2,1-3H3,(H,24,26). The summed E-state index contributed by atoms with van der Waals surface area (Å²) in [5.41, 5.74) is 2.69. The van der Waals surface area contributed by atoms with Crippen LogP contribution in [0.15, 0.2) is 40.9 Å². The number of anilines is 1. The van der Waals surface area contributed by atoms with Crippen molar-refractivity contribution in [3.8, 4) is 5.75 Å². The van der Waals surface area contributed by atoms with Crippen LogP contribution in [0.1, 0.15) is 24.0 Å². The van der Waals surface area contributed by atoms with Crippen LogP contribution in [0.25, 0.3) is 0 Å². The van der Waals surface area contributed by atoms with Gasteiger partial charge in [-0.2, -0.15) is 0 Å².